The third-order valence-corrected chi connectivity index (χ3v) is 7.06. The van der Waals surface area contributed by atoms with E-state index >= 15 is 0 Å². The summed E-state index contributed by atoms with van der Waals surface area (Å²) >= 11 is 0. The molecule has 0 spiro atoms. The van der Waals surface area contributed by atoms with Gasteiger partial charge in [0.15, 0.2) is 6.23 Å². The second-order valence-corrected chi connectivity index (χ2v) is 9.20. The summed E-state index contributed by atoms with van der Waals surface area (Å²) < 4.78 is 6.20. The third kappa shape index (κ3) is 3.69. The monoisotopic (exact) mass is 501 g/mol. The second-order valence-electron chi connectivity index (χ2n) is 9.20. The molecule has 4 atom stereocenters. The first-order chi connectivity index (χ1) is 17.9. The first-order valence-electron chi connectivity index (χ1n) is 11.8. The summed E-state index contributed by atoms with van der Waals surface area (Å²) in [4.78, 5) is 39.9. The summed E-state index contributed by atoms with van der Waals surface area (Å²) in [6.45, 7) is -0.459. The van der Waals surface area contributed by atoms with E-state index in [1.54, 1.807) is 0 Å². The Morgan fingerprint density at radius 3 is 2.32 bits per heavy atom. The lowest BCUT2D eigenvalue weighted by Crippen LogP contribution is -2.41. The van der Waals surface area contributed by atoms with Gasteiger partial charge in [0.2, 0.25) is 0 Å². The number of carbonyl (C=O) groups is 1. The van der Waals surface area contributed by atoms with Gasteiger partial charge in [0.25, 0.3) is 11.5 Å². The van der Waals surface area contributed by atoms with Gasteiger partial charge in [-0.05, 0) is 37.9 Å². The number of aromatic amines is 1. The van der Waals surface area contributed by atoms with E-state index in [1.165, 1.54) is 0 Å². The van der Waals surface area contributed by atoms with Gasteiger partial charge in [-0.3, -0.25) is 19.1 Å². The number of hydrogen-bond acceptors (Lipinski definition) is 7. The van der Waals surface area contributed by atoms with Gasteiger partial charge >= 0.3 is 5.69 Å². The highest BCUT2D eigenvalue weighted by Gasteiger charge is 2.44. The van der Waals surface area contributed by atoms with Crippen molar-refractivity contribution in [1.29, 1.82) is 0 Å². The van der Waals surface area contributed by atoms with Crippen molar-refractivity contribution in [2.45, 2.75) is 31.1 Å². The number of aromatic nitrogens is 2. The van der Waals surface area contributed by atoms with Crippen LogP contribution in [-0.4, -0.2) is 55.7 Å². The summed E-state index contributed by atoms with van der Waals surface area (Å²) in [7, 11) is 0. The Labute approximate surface area is 208 Å². The molecule has 1 aliphatic rings. The maximum Gasteiger partial charge on any atom is 0.330 e. The van der Waals surface area contributed by atoms with Crippen molar-refractivity contribution in [2.75, 3.05) is 6.61 Å². The number of ether oxygens (including phenoxy) is 1. The van der Waals surface area contributed by atoms with Crippen molar-refractivity contribution in [2.24, 2.45) is 0 Å². The van der Waals surface area contributed by atoms with Crippen LogP contribution in [0.15, 0.2) is 70.4 Å². The van der Waals surface area contributed by atoms with Crippen LogP contribution < -0.4 is 16.6 Å². The minimum Gasteiger partial charge on any atom is -0.394 e. The number of nitrogens with zero attached hydrogens (tertiary/aromatic N) is 1. The van der Waals surface area contributed by atoms with E-state index < -0.39 is 48.3 Å². The number of hydrogen-bond donors (Lipinski definition) is 5. The number of H-pyrrole nitrogens is 1. The maximum absolute atomic E-state index is 13.0. The molecule has 0 saturated carbocycles. The lowest BCUT2D eigenvalue weighted by molar-refractivity contribution is -0.0551. The minimum absolute atomic E-state index is 0.124. The molecule has 0 radical (unpaired) electrons. The Bertz CT molecular complexity index is 1760. The van der Waals surface area contributed by atoms with Crippen molar-refractivity contribution >= 4 is 38.2 Å². The van der Waals surface area contributed by atoms with Crippen LogP contribution in [0.3, 0.4) is 0 Å². The number of carbonyl (C=O) groups excluding carboxylic acids is 1. The molecule has 5 N–H and O–H groups in total. The van der Waals surface area contributed by atoms with Gasteiger partial charge < -0.3 is 25.4 Å². The summed E-state index contributed by atoms with van der Waals surface area (Å²) in [5.74, 6) is -0.729. The zero-order valence-corrected chi connectivity index (χ0v) is 19.4. The van der Waals surface area contributed by atoms with Crippen LogP contribution in [0, 0.1) is 0 Å². The Morgan fingerprint density at radius 2 is 1.62 bits per heavy atom. The van der Waals surface area contributed by atoms with Crippen LogP contribution in [0.25, 0.3) is 32.3 Å². The van der Waals surface area contributed by atoms with Crippen LogP contribution >= 0.6 is 0 Å². The SMILES string of the molecule is O=C(NCc1ccc2ccc3cccc4ccc1c2c34)c1cn([C@@H]2O[C@H](CO)[C@@H](O)[C@H]2O)c(=O)[nH]c1=O. The standard InChI is InChI=1S/C27H23N3O7/c31-12-19-22(32)23(33)26(37-19)30-11-18(25(35)29-27(30)36)24(34)28-10-16-7-6-15-5-4-13-2-1-3-14-8-9-17(16)21(15)20(13)14/h1-9,11,19,22-23,26,31-33H,10,12H2,(H,28,34)(H,29,35,36)/t19-,22-,23-,26-/m1/s1. The molecule has 4 aromatic carbocycles. The number of amides is 1. The van der Waals surface area contributed by atoms with Gasteiger partial charge in [0, 0.05) is 12.7 Å². The van der Waals surface area contributed by atoms with Crippen molar-refractivity contribution in [1.82, 2.24) is 14.9 Å². The normalized spacial score (nSPS) is 21.8. The molecule has 0 aliphatic carbocycles. The fourth-order valence-electron chi connectivity index (χ4n) is 5.17. The Morgan fingerprint density at radius 1 is 0.946 bits per heavy atom. The van der Waals surface area contributed by atoms with Crippen LogP contribution in [0.5, 0.6) is 0 Å². The fourth-order valence-corrected chi connectivity index (χ4v) is 5.17. The van der Waals surface area contributed by atoms with Gasteiger partial charge in [-0.15, -0.1) is 0 Å². The summed E-state index contributed by atoms with van der Waals surface area (Å²) in [6, 6.07) is 18.2. The van der Waals surface area contributed by atoms with E-state index in [1.807, 2.05) is 30.3 Å². The maximum atomic E-state index is 13.0. The van der Waals surface area contributed by atoms with E-state index in [2.05, 4.69) is 34.6 Å². The van der Waals surface area contributed by atoms with Gasteiger partial charge in [0.05, 0.1) is 6.61 Å². The zero-order valence-electron chi connectivity index (χ0n) is 19.4. The van der Waals surface area contributed by atoms with Crippen LogP contribution in [0.1, 0.15) is 22.1 Å². The van der Waals surface area contributed by atoms with Crippen molar-refractivity contribution in [3.05, 3.63) is 92.8 Å². The third-order valence-electron chi connectivity index (χ3n) is 7.06. The Kier molecular flexibility index (Phi) is 5.54. The highest BCUT2D eigenvalue weighted by Crippen LogP contribution is 2.36. The van der Waals surface area contributed by atoms with E-state index in [-0.39, 0.29) is 12.1 Å². The molecule has 1 fully saturated rings. The molecular formula is C27H23N3O7. The molecule has 6 rings (SSSR count). The lowest BCUT2D eigenvalue weighted by Gasteiger charge is -2.18. The summed E-state index contributed by atoms with van der Waals surface area (Å²) in [6.07, 6.45) is -4.51. The molecule has 0 bridgehead atoms. The van der Waals surface area contributed by atoms with E-state index in [0.29, 0.717) is 0 Å². The van der Waals surface area contributed by atoms with E-state index in [0.717, 1.165) is 48.6 Å². The van der Waals surface area contributed by atoms with Gasteiger partial charge in [-0.25, -0.2) is 4.79 Å². The van der Waals surface area contributed by atoms with Gasteiger partial charge in [0.1, 0.15) is 23.9 Å². The summed E-state index contributed by atoms with van der Waals surface area (Å²) in [5, 5.41) is 38.9. The minimum atomic E-state index is -1.55. The van der Waals surface area contributed by atoms with Crippen molar-refractivity contribution in [3.63, 3.8) is 0 Å². The Balaban J connectivity index is 1.32. The molecule has 1 amide bonds. The highest BCUT2D eigenvalue weighted by molar-refractivity contribution is 6.23. The smallest absolute Gasteiger partial charge is 0.330 e. The molecule has 1 aromatic heterocycles. The molecule has 10 heteroatoms. The molecule has 1 saturated heterocycles. The molecular weight excluding hydrogens is 478 g/mol. The van der Waals surface area contributed by atoms with Gasteiger partial charge in [-0.2, -0.15) is 0 Å². The Hall–Kier alpha value is -4.09. The van der Waals surface area contributed by atoms with Crippen LogP contribution in [0.2, 0.25) is 0 Å². The molecule has 1 aliphatic heterocycles. The predicted molar refractivity (Wildman–Crippen MR) is 136 cm³/mol. The van der Waals surface area contributed by atoms with Crippen molar-refractivity contribution in [3.8, 4) is 0 Å². The topological polar surface area (TPSA) is 154 Å². The quantitative estimate of drug-likeness (QED) is 0.225. The van der Waals surface area contributed by atoms with Gasteiger partial charge in [-0.1, -0.05) is 54.6 Å². The average molecular weight is 501 g/mol. The average Bonchev–Trinajstić information content (AvgIpc) is 3.19. The molecule has 37 heavy (non-hydrogen) atoms. The molecule has 10 nitrogen and oxygen atoms in total. The highest BCUT2D eigenvalue weighted by atomic mass is 16.6. The van der Waals surface area contributed by atoms with Crippen LogP contribution in [0.4, 0.5) is 0 Å². The fraction of sp³-hybridized carbons (Fsp3) is 0.222. The molecule has 5 aromatic rings. The predicted octanol–water partition coefficient (Wildman–Crippen LogP) is 0.975. The lowest BCUT2D eigenvalue weighted by atomic mass is 9.92. The molecule has 2 heterocycles. The first kappa shape index (κ1) is 23.3. The van der Waals surface area contributed by atoms with Crippen LogP contribution in [-0.2, 0) is 11.3 Å². The largest absolute Gasteiger partial charge is 0.394 e. The zero-order chi connectivity index (χ0) is 25.8. The molecule has 188 valence electrons. The molecule has 0 unspecified atom stereocenters. The number of aliphatic hydroxyl groups excluding tert-OH is 3. The number of rotatable bonds is 5. The van der Waals surface area contributed by atoms with E-state index in [4.69, 9.17) is 4.74 Å². The number of nitrogens with one attached hydrogen (secondary N) is 2. The van der Waals surface area contributed by atoms with Crippen molar-refractivity contribution < 1.29 is 24.9 Å². The number of aliphatic hydroxyl groups is 3. The first-order valence-corrected chi connectivity index (χ1v) is 11.8. The summed E-state index contributed by atoms with van der Waals surface area (Å²) in [5.41, 5.74) is -1.34. The van der Waals surface area contributed by atoms with E-state index in [9.17, 15) is 29.7 Å². The number of benzene rings is 4. The second kappa shape index (κ2) is 8.79.